The molecule has 4 rings (SSSR count). The summed E-state index contributed by atoms with van der Waals surface area (Å²) in [6, 6.07) is 15.4. The Morgan fingerprint density at radius 1 is 0.909 bits per heavy atom. The number of hydrogen-bond acceptors (Lipinski definition) is 4. The molecule has 168 valence electrons. The van der Waals surface area contributed by atoms with Gasteiger partial charge in [-0.05, 0) is 104 Å². The highest BCUT2D eigenvalue weighted by Gasteiger charge is 2.36. The molecule has 0 unspecified atom stereocenters. The minimum absolute atomic E-state index is 0.243. The fraction of sp³-hybridized carbons (Fsp3) is 0.0435. The molecule has 0 saturated carbocycles. The van der Waals surface area contributed by atoms with E-state index in [0.717, 1.165) is 22.2 Å². The van der Waals surface area contributed by atoms with Crippen LogP contribution in [0.15, 0.2) is 68.4 Å². The van der Waals surface area contributed by atoms with Crippen LogP contribution in [0.3, 0.4) is 0 Å². The monoisotopic (exact) mass is 645 g/mol. The summed E-state index contributed by atoms with van der Waals surface area (Å²) in [6.07, 6.45) is 1.66. The van der Waals surface area contributed by atoms with Crippen LogP contribution in [0.2, 0.25) is 15.1 Å². The fourth-order valence-corrected chi connectivity index (χ4v) is 5.90. The van der Waals surface area contributed by atoms with Crippen LogP contribution in [-0.4, -0.2) is 11.1 Å². The predicted octanol–water partition coefficient (Wildman–Crippen LogP) is 8.99. The first kappa shape index (κ1) is 24.6. The average Bonchev–Trinajstić information content (AvgIpc) is 3.02. The topological polar surface area (TPSA) is 46.6 Å². The third-order valence-electron chi connectivity index (χ3n) is 4.58. The van der Waals surface area contributed by atoms with E-state index in [1.807, 2.05) is 0 Å². The van der Waals surface area contributed by atoms with Crippen LogP contribution in [-0.2, 0) is 11.4 Å². The van der Waals surface area contributed by atoms with Gasteiger partial charge in [0.25, 0.3) is 11.1 Å². The SMILES string of the molecule is O=C1S/C(=C/c2cc(Br)c(OCc3ccc(Cl)cc3Cl)c(Br)c2)C(=O)N1c1ccc(Cl)cc1. The van der Waals surface area contributed by atoms with Crippen molar-refractivity contribution >= 4 is 101 Å². The quantitative estimate of drug-likeness (QED) is 0.259. The third kappa shape index (κ3) is 5.61. The van der Waals surface area contributed by atoms with Crippen LogP contribution in [0, 0.1) is 0 Å². The molecule has 33 heavy (non-hydrogen) atoms. The van der Waals surface area contributed by atoms with Gasteiger partial charge >= 0.3 is 0 Å². The largest absolute Gasteiger partial charge is 0.486 e. The van der Waals surface area contributed by atoms with Gasteiger partial charge in [0.2, 0.25) is 0 Å². The van der Waals surface area contributed by atoms with E-state index in [9.17, 15) is 9.59 Å². The van der Waals surface area contributed by atoms with Crippen molar-refractivity contribution in [2.75, 3.05) is 4.90 Å². The first-order chi connectivity index (χ1) is 15.7. The zero-order valence-corrected chi connectivity index (χ0v) is 22.7. The molecule has 10 heteroatoms. The summed E-state index contributed by atoms with van der Waals surface area (Å²) < 4.78 is 7.28. The molecule has 1 aliphatic rings. The lowest BCUT2D eigenvalue weighted by Crippen LogP contribution is -2.27. The van der Waals surface area contributed by atoms with Gasteiger partial charge in [-0.2, -0.15) is 0 Å². The molecule has 3 aromatic carbocycles. The Morgan fingerprint density at radius 3 is 2.18 bits per heavy atom. The van der Waals surface area contributed by atoms with Crippen molar-refractivity contribution in [1.82, 2.24) is 0 Å². The highest BCUT2D eigenvalue weighted by molar-refractivity contribution is 9.11. The molecule has 3 aromatic rings. The van der Waals surface area contributed by atoms with Gasteiger partial charge in [0.1, 0.15) is 12.4 Å². The van der Waals surface area contributed by atoms with Gasteiger partial charge in [0.05, 0.1) is 19.5 Å². The molecule has 0 bridgehead atoms. The lowest BCUT2D eigenvalue weighted by molar-refractivity contribution is -0.113. The van der Waals surface area contributed by atoms with Crippen molar-refractivity contribution in [2.24, 2.45) is 0 Å². The summed E-state index contributed by atoms with van der Waals surface area (Å²) in [6.45, 7) is 0.243. The Morgan fingerprint density at radius 2 is 1.55 bits per heavy atom. The molecule has 0 aromatic heterocycles. The molecule has 1 heterocycles. The number of ether oxygens (including phenoxy) is 1. The highest BCUT2D eigenvalue weighted by atomic mass is 79.9. The average molecular weight is 649 g/mol. The van der Waals surface area contributed by atoms with Gasteiger partial charge in [-0.25, -0.2) is 4.90 Å². The second kappa shape index (κ2) is 10.4. The van der Waals surface area contributed by atoms with E-state index in [-0.39, 0.29) is 11.8 Å². The zero-order chi connectivity index (χ0) is 23.7. The van der Waals surface area contributed by atoms with Crippen LogP contribution in [0.25, 0.3) is 6.08 Å². The van der Waals surface area contributed by atoms with E-state index in [1.54, 1.807) is 60.7 Å². The third-order valence-corrected chi connectivity index (χ3v) is 7.47. The normalized spacial score (nSPS) is 14.9. The van der Waals surface area contributed by atoms with Crippen LogP contribution >= 0.6 is 78.4 Å². The predicted molar refractivity (Wildman–Crippen MR) is 143 cm³/mol. The number of rotatable bonds is 5. The van der Waals surface area contributed by atoms with Gasteiger partial charge in [0, 0.05) is 20.6 Å². The molecule has 0 radical (unpaired) electrons. The van der Waals surface area contributed by atoms with Crippen molar-refractivity contribution in [3.63, 3.8) is 0 Å². The number of carbonyl (C=O) groups excluding carboxylic acids is 2. The maximum absolute atomic E-state index is 12.9. The number of hydrogen-bond donors (Lipinski definition) is 0. The maximum Gasteiger partial charge on any atom is 0.298 e. The Labute approximate surface area is 226 Å². The Balaban J connectivity index is 1.54. The van der Waals surface area contributed by atoms with Crippen molar-refractivity contribution in [1.29, 1.82) is 0 Å². The molecule has 4 nitrogen and oxygen atoms in total. The highest BCUT2D eigenvalue weighted by Crippen LogP contribution is 2.39. The molecule has 0 aliphatic carbocycles. The van der Waals surface area contributed by atoms with Gasteiger partial charge in [-0.1, -0.05) is 40.9 Å². The van der Waals surface area contributed by atoms with Crippen LogP contribution in [0.1, 0.15) is 11.1 Å². The Hall–Kier alpha value is -1.48. The summed E-state index contributed by atoms with van der Waals surface area (Å²) >= 11 is 26.0. The van der Waals surface area contributed by atoms with Crippen molar-refractivity contribution in [3.05, 3.63) is 94.6 Å². The van der Waals surface area contributed by atoms with Gasteiger partial charge in [0.15, 0.2) is 0 Å². The minimum atomic E-state index is -0.391. The number of benzene rings is 3. The lowest BCUT2D eigenvalue weighted by Gasteiger charge is -2.13. The summed E-state index contributed by atoms with van der Waals surface area (Å²) in [4.78, 5) is 26.8. The van der Waals surface area contributed by atoms with E-state index >= 15 is 0 Å². The van der Waals surface area contributed by atoms with Crippen LogP contribution < -0.4 is 9.64 Å². The summed E-state index contributed by atoms with van der Waals surface area (Å²) in [5.74, 6) is 0.185. The van der Waals surface area contributed by atoms with Crippen molar-refractivity contribution < 1.29 is 14.3 Å². The van der Waals surface area contributed by atoms with Crippen LogP contribution in [0.4, 0.5) is 10.5 Å². The summed E-state index contributed by atoms with van der Waals surface area (Å²) in [5, 5.41) is 1.22. The number of anilines is 1. The molecule has 1 aliphatic heterocycles. The second-order valence-corrected chi connectivity index (χ2v) is 10.8. The van der Waals surface area contributed by atoms with E-state index in [4.69, 9.17) is 39.5 Å². The number of thioether (sulfide) groups is 1. The van der Waals surface area contributed by atoms with Gasteiger partial charge in [-0.3, -0.25) is 9.59 Å². The summed E-state index contributed by atoms with van der Waals surface area (Å²) in [5.41, 5.74) is 1.98. The molecule has 0 N–H and O–H groups in total. The van der Waals surface area contributed by atoms with Gasteiger partial charge in [-0.15, -0.1) is 0 Å². The van der Waals surface area contributed by atoms with Crippen molar-refractivity contribution in [3.8, 4) is 5.75 Å². The van der Waals surface area contributed by atoms with E-state index in [2.05, 4.69) is 31.9 Å². The van der Waals surface area contributed by atoms with Crippen molar-refractivity contribution in [2.45, 2.75) is 6.61 Å². The molecule has 1 fully saturated rings. The van der Waals surface area contributed by atoms with E-state index < -0.39 is 5.91 Å². The van der Waals surface area contributed by atoms with E-state index in [1.165, 1.54) is 0 Å². The molecule has 0 atom stereocenters. The first-order valence-electron chi connectivity index (χ1n) is 9.32. The first-order valence-corrected chi connectivity index (χ1v) is 12.9. The Kier molecular flexibility index (Phi) is 7.78. The summed E-state index contributed by atoms with van der Waals surface area (Å²) in [7, 11) is 0. The number of halogens is 5. The fourth-order valence-electron chi connectivity index (χ4n) is 3.02. The standard InChI is InChI=1S/C23H12Br2Cl3NO3S/c24-17-7-12(8-18(25)21(17)32-11-13-1-2-15(27)10-19(13)28)9-20-22(30)29(23(31)33-20)16-5-3-14(26)4-6-16/h1-10H,11H2/b20-9+. The van der Waals surface area contributed by atoms with Gasteiger partial charge < -0.3 is 4.74 Å². The molecule has 1 saturated heterocycles. The molecular formula is C23H12Br2Cl3NO3S. The van der Waals surface area contributed by atoms with E-state index in [0.29, 0.717) is 45.9 Å². The minimum Gasteiger partial charge on any atom is -0.486 e. The number of imide groups is 1. The number of carbonyl (C=O) groups is 2. The van der Waals surface area contributed by atoms with Crippen LogP contribution in [0.5, 0.6) is 5.75 Å². The zero-order valence-electron chi connectivity index (χ0n) is 16.5. The molecular weight excluding hydrogens is 636 g/mol. The maximum atomic E-state index is 12.9. The number of amides is 2. The molecule has 2 amide bonds. The smallest absolute Gasteiger partial charge is 0.298 e. The number of nitrogens with zero attached hydrogens (tertiary/aromatic N) is 1. The Bertz CT molecular complexity index is 1280. The second-order valence-electron chi connectivity index (χ2n) is 6.83. The lowest BCUT2D eigenvalue weighted by atomic mass is 10.2. The molecule has 0 spiro atoms.